The first-order valence-corrected chi connectivity index (χ1v) is 9.04. The number of carbonyl (C=O) groups is 2. The summed E-state index contributed by atoms with van der Waals surface area (Å²) in [5.74, 6) is 1.21. The van der Waals surface area contributed by atoms with Crippen molar-refractivity contribution in [1.82, 2.24) is 10.1 Å². The summed E-state index contributed by atoms with van der Waals surface area (Å²) in [4.78, 5) is 28.1. The van der Waals surface area contributed by atoms with E-state index in [1.54, 1.807) is 29.2 Å². The van der Waals surface area contributed by atoms with Gasteiger partial charge in [0.05, 0.1) is 5.69 Å². The molecule has 0 spiro atoms. The Hall–Kier alpha value is -3.23. The van der Waals surface area contributed by atoms with Crippen LogP contribution in [0.15, 0.2) is 28.8 Å². The van der Waals surface area contributed by atoms with E-state index in [9.17, 15) is 9.59 Å². The summed E-state index contributed by atoms with van der Waals surface area (Å²) < 4.78 is 15.8. The highest BCUT2D eigenvalue weighted by Gasteiger charge is 2.32. The highest BCUT2D eigenvalue weighted by Crippen LogP contribution is 2.36. The van der Waals surface area contributed by atoms with E-state index in [1.807, 2.05) is 20.8 Å². The van der Waals surface area contributed by atoms with Gasteiger partial charge in [0.25, 0.3) is 0 Å². The molecule has 0 radical (unpaired) electrons. The number of amides is 3. The lowest BCUT2D eigenvalue weighted by Gasteiger charge is -2.18. The number of carbonyl (C=O) groups excluding carboxylic acids is 2. The van der Waals surface area contributed by atoms with Gasteiger partial charge in [0.15, 0.2) is 11.5 Å². The van der Waals surface area contributed by atoms with E-state index >= 15 is 0 Å². The predicted molar refractivity (Wildman–Crippen MR) is 101 cm³/mol. The van der Waals surface area contributed by atoms with Gasteiger partial charge in [0.2, 0.25) is 18.6 Å². The molecular formula is C19H22N4O5. The second-order valence-corrected chi connectivity index (χ2v) is 7.77. The second-order valence-electron chi connectivity index (χ2n) is 7.77. The van der Waals surface area contributed by atoms with E-state index in [0.717, 1.165) is 5.69 Å². The van der Waals surface area contributed by atoms with Crippen LogP contribution < -0.4 is 19.7 Å². The highest BCUT2D eigenvalue weighted by molar-refractivity contribution is 5.99. The van der Waals surface area contributed by atoms with E-state index in [0.29, 0.717) is 30.3 Å². The van der Waals surface area contributed by atoms with E-state index in [2.05, 4.69) is 10.5 Å². The van der Waals surface area contributed by atoms with Gasteiger partial charge in [-0.1, -0.05) is 25.9 Å². The maximum atomic E-state index is 12.7. The van der Waals surface area contributed by atoms with E-state index < -0.39 is 0 Å². The highest BCUT2D eigenvalue weighted by atomic mass is 16.7. The summed E-state index contributed by atoms with van der Waals surface area (Å²) in [6.07, 6.45) is 0. The number of anilines is 2. The Morgan fingerprint density at radius 3 is 2.71 bits per heavy atom. The topological polar surface area (TPSA) is 97.1 Å². The zero-order valence-corrected chi connectivity index (χ0v) is 16.0. The number of hydrogen-bond acceptors (Lipinski definition) is 6. The lowest BCUT2D eigenvalue weighted by Crippen LogP contribution is -2.37. The third-order valence-electron chi connectivity index (χ3n) is 4.64. The van der Waals surface area contributed by atoms with Crippen molar-refractivity contribution in [2.24, 2.45) is 0 Å². The molecule has 1 saturated heterocycles. The quantitative estimate of drug-likeness (QED) is 0.867. The van der Waals surface area contributed by atoms with Crippen molar-refractivity contribution in [3.05, 3.63) is 30.0 Å². The fraction of sp³-hybridized carbons (Fsp3) is 0.421. The number of aromatic nitrogens is 1. The van der Waals surface area contributed by atoms with Gasteiger partial charge in [0, 0.05) is 36.3 Å². The normalized spacial score (nSPS) is 16.0. The van der Waals surface area contributed by atoms with Crippen LogP contribution in [0.25, 0.3) is 0 Å². The van der Waals surface area contributed by atoms with Crippen LogP contribution in [0, 0.1) is 0 Å². The summed E-state index contributed by atoms with van der Waals surface area (Å²) in [5, 5.41) is 6.62. The van der Waals surface area contributed by atoms with Crippen molar-refractivity contribution in [3.63, 3.8) is 0 Å². The minimum Gasteiger partial charge on any atom is -0.454 e. The van der Waals surface area contributed by atoms with Crippen LogP contribution in [0.3, 0.4) is 0 Å². The molecule has 9 heteroatoms. The Bertz CT molecular complexity index is 917. The van der Waals surface area contributed by atoms with Gasteiger partial charge in [-0.3, -0.25) is 15.0 Å². The Labute approximate surface area is 162 Å². The molecule has 1 aromatic carbocycles. The van der Waals surface area contributed by atoms with Crippen molar-refractivity contribution >= 4 is 23.5 Å². The predicted octanol–water partition coefficient (Wildman–Crippen LogP) is 2.58. The summed E-state index contributed by atoms with van der Waals surface area (Å²) in [5.41, 5.74) is 1.28. The fourth-order valence-electron chi connectivity index (χ4n) is 3.06. The van der Waals surface area contributed by atoms with Crippen molar-refractivity contribution in [2.75, 3.05) is 36.6 Å². The standard InChI is InChI=1S/C19H22N4O5/c1-19(2,3)15-9-17(28-21-15)20-16(24)10-22-6-7-23(18(22)25)12-4-5-13-14(8-12)27-11-26-13/h4-5,8-9H,6-7,10-11H2,1-3H3,(H,20,24). The number of urea groups is 1. The molecule has 0 saturated carbocycles. The molecule has 28 heavy (non-hydrogen) atoms. The lowest BCUT2D eigenvalue weighted by atomic mass is 9.92. The average molecular weight is 386 g/mol. The maximum absolute atomic E-state index is 12.7. The molecule has 0 unspecified atom stereocenters. The Morgan fingerprint density at radius 1 is 1.18 bits per heavy atom. The molecule has 0 aliphatic carbocycles. The molecule has 1 fully saturated rings. The number of benzene rings is 1. The largest absolute Gasteiger partial charge is 0.454 e. The number of nitrogens with zero attached hydrogens (tertiary/aromatic N) is 3. The SMILES string of the molecule is CC(C)(C)c1cc(NC(=O)CN2CCN(c3ccc4c(c3)OCO4)C2=O)on1. The Balaban J connectivity index is 1.37. The molecular weight excluding hydrogens is 364 g/mol. The third kappa shape index (κ3) is 3.47. The van der Waals surface area contributed by atoms with Gasteiger partial charge in [-0.25, -0.2) is 4.79 Å². The van der Waals surface area contributed by atoms with E-state index in [4.69, 9.17) is 14.0 Å². The number of hydrogen-bond donors (Lipinski definition) is 1. The summed E-state index contributed by atoms with van der Waals surface area (Å²) >= 11 is 0. The zero-order valence-electron chi connectivity index (χ0n) is 16.0. The van der Waals surface area contributed by atoms with Gasteiger partial charge in [0.1, 0.15) is 6.54 Å². The lowest BCUT2D eigenvalue weighted by molar-refractivity contribution is -0.116. The molecule has 2 aliphatic heterocycles. The first-order chi connectivity index (χ1) is 13.3. The molecule has 0 bridgehead atoms. The molecule has 1 aromatic heterocycles. The third-order valence-corrected chi connectivity index (χ3v) is 4.64. The van der Waals surface area contributed by atoms with Crippen molar-refractivity contribution in [2.45, 2.75) is 26.2 Å². The molecule has 3 amide bonds. The minimum absolute atomic E-state index is 0.0641. The maximum Gasteiger partial charge on any atom is 0.325 e. The van der Waals surface area contributed by atoms with Crippen LogP contribution in [-0.4, -0.2) is 48.4 Å². The summed E-state index contributed by atoms with van der Waals surface area (Å²) in [6, 6.07) is 6.81. The zero-order chi connectivity index (χ0) is 19.9. The van der Waals surface area contributed by atoms with Crippen LogP contribution in [0.1, 0.15) is 26.5 Å². The van der Waals surface area contributed by atoms with Gasteiger partial charge in [-0.05, 0) is 12.1 Å². The van der Waals surface area contributed by atoms with E-state index in [1.165, 1.54) is 4.90 Å². The second kappa shape index (κ2) is 6.74. The average Bonchev–Trinajstić information content (AvgIpc) is 3.35. The van der Waals surface area contributed by atoms with Crippen LogP contribution >= 0.6 is 0 Å². The van der Waals surface area contributed by atoms with Gasteiger partial charge in [-0.2, -0.15) is 0 Å². The smallest absolute Gasteiger partial charge is 0.325 e. The first-order valence-electron chi connectivity index (χ1n) is 9.04. The molecule has 148 valence electrons. The Kier molecular flexibility index (Phi) is 4.37. The Morgan fingerprint density at radius 2 is 1.96 bits per heavy atom. The van der Waals surface area contributed by atoms with Gasteiger partial charge < -0.3 is 18.9 Å². The van der Waals surface area contributed by atoms with Crippen LogP contribution in [0.4, 0.5) is 16.4 Å². The van der Waals surface area contributed by atoms with Gasteiger partial charge in [-0.15, -0.1) is 0 Å². The molecule has 3 heterocycles. The molecule has 1 N–H and O–H groups in total. The molecule has 9 nitrogen and oxygen atoms in total. The van der Waals surface area contributed by atoms with E-state index in [-0.39, 0.29) is 36.6 Å². The summed E-state index contributed by atoms with van der Waals surface area (Å²) in [6.45, 7) is 7.06. The number of nitrogens with one attached hydrogen (secondary N) is 1. The van der Waals surface area contributed by atoms with Crippen molar-refractivity contribution in [1.29, 1.82) is 0 Å². The molecule has 0 atom stereocenters. The first kappa shape index (κ1) is 18.1. The fourth-order valence-corrected chi connectivity index (χ4v) is 3.06. The monoisotopic (exact) mass is 386 g/mol. The van der Waals surface area contributed by atoms with Gasteiger partial charge >= 0.3 is 6.03 Å². The van der Waals surface area contributed by atoms with Crippen LogP contribution in [0.2, 0.25) is 0 Å². The number of rotatable bonds is 4. The molecule has 2 aliphatic rings. The number of ether oxygens (including phenoxy) is 2. The van der Waals surface area contributed by atoms with Crippen LogP contribution in [0.5, 0.6) is 11.5 Å². The van der Waals surface area contributed by atoms with Crippen molar-refractivity contribution in [3.8, 4) is 11.5 Å². The number of fused-ring (bicyclic) bond motifs is 1. The molecule has 4 rings (SSSR count). The van der Waals surface area contributed by atoms with Crippen LogP contribution in [-0.2, 0) is 10.2 Å². The minimum atomic E-state index is -0.336. The van der Waals surface area contributed by atoms with Crippen molar-refractivity contribution < 1.29 is 23.6 Å². The molecule has 2 aromatic rings. The summed E-state index contributed by atoms with van der Waals surface area (Å²) in [7, 11) is 0.